The number of amides is 1. The lowest BCUT2D eigenvalue weighted by Gasteiger charge is -2.26. The van der Waals surface area contributed by atoms with E-state index in [1.54, 1.807) is 16.8 Å². The van der Waals surface area contributed by atoms with Crippen molar-refractivity contribution in [2.75, 3.05) is 6.61 Å². The minimum absolute atomic E-state index is 0.128. The highest BCUT2D eigenvalue weighted by atomic mass is 79.9. The van der Waals surface area contributed by atoms with Gasteiger partial charge in [-0.05, 0) is 61.7 Å². The van der Waals surface area contributed by atoms with Gasteiger partial charge in [0.15, 0.2) is 5.69 Å². The second-order valence-corrected chi connectivity index (χ2v) is 8.28. The third kappa shape index (κ3) is 3.33. The zero-order valence-electron chi connectivity index (χ0n) is 15.6. The normalized spacial score (nSPS) is 17.4. The lowest BCUT2D eigenvalue weighted by Crippen LogP contribution is -2.33. The molecule has 1 atom stereocenters. The third-order valence-electron chi connectivity index (χ3n) is 5.53. The molecule has 5 nitrogen and oxygen atoms in total. The number of fused-ring (bicyclic) bond motifs is 2. The van der Waals surface area contributed by atoms with Crippen LogP contribution in [0.15, 0.2) is 46.9 Å². The molecule has 29 heavy (non-hydrogen) atoms. The van der Waals surface area contributed by atoms with Crippen LogP contribution in [-0.4, -0.2) is 22.3 Å². The van der Waals surface area contributed by atoms with Gasteiger partial charge < -0.3 is 10.1 Å². The summed E-state index contributed by atoms with van der Waals surface area (Å²) in [5.74, 6) is 0.327. The van der Waals surface area contributed by atoms with Crippen molar-refractivity contribution in [3.8, 4) is 11.4 Å². The number of nitrogens with one attached hydrogen (secondary N) is 1. The number of carbonyl (C=O) groups is 1. The molecular weight excluding hydrogens is 437 g/mol. The summed E-state index contributed by atoms with van der Waals surface area (Å²) in [6.07, 6.45) is 3.38. The van der Waals surface area contributed by atoms with Gasteiger partial charge in [-0.2, -0.15) is 5.10 Å². The van der Waals surface area contributed by atoms with Gasteiger partial charge in [0, 0.05) is 27.7 Å². The highest BCUT2D eigenvalue weighted by Crippen LogP contribution is 2.35. The average Bonchev–Trinajstić information content (AvgIpc) is 3.32. The minimum atomic E-state index is -0.292. The number of nitrogens with zero attached hydrogens (tertiary/aromatic N) is 2. The maximum atomic E-state index is 13.3. The van der Waals surface area contributed by atoms with Crippen molar-refractivity contribution in [3.63, 3.8) is 0 Å². The van der Waals surface area contributed by atoms with E-state index in [4.69, 9.17) is 4.74 Å². The standard InChI is InChI=1S/C22H19BrFN3O2/c23-13-4-9-20-17(12-13)18(10-11-29-20)25-22(28)21-16-2-1-3-19(16)27(26-21)15-7-5-14(24)6-8-15/h4-9,12,18H,1-3,10-11H2,(H,25,28). The molecule has 7 heteroatoms. The summed E-state index contributed by atoms with van der Waals surface area (Å²) in [5, 5.41) is 7.76. The molecule has 1 aromatic heterocycles. The summed E-state index contributed by atoms with van der Waals surface area (Å²) in [6.45, 7) is 0.557. The van der Waals surface area contributed by atoms with Crippen LogP contribution in [0.1, 0.15) is 46.2 Å². The van der Waals surface area contributed by atoms with Crippen molar-refractivity contribution in [2.45, 2.75) is 31.7 Å². The molecule has 0 fully saturated rings. The largest absolute Gasteiger partial charge is 0.493 e. The summed E-state index contributed by atoms with van der Waals surface area (Å²) >= 11 is 3.49. The van der Waals surface area contributed by atoms with E-state index >= 15 is 0 Å². The van der Waals surface area contributed by atoms with Crippen LogP contribution < -0.4 is 10.1 Å². The first-order chi connectivity index (χ1) is 14.1. The van der Waals surface area contributed by atoms with Crippen LogP contribution >= 0.6 is 15.9 Å². The van der Waals surface area contributed by atoms with Gasteiger partial charge >= 0.3 is 0 Å². The van der Waals surface area contributed by atoms with Gasteiger partial charge in [0.1, 0.15) is 11.6 Å². The molecule has 0 spiro atoms. The molecule has 0 bridgehead atoms. The number of carbonyl (C=O) groups excluding carboxylic acids is 1. The Balaban J connectivity index is 1.47. The number of rotatable bonds is 3. The summed E-state index contributed by atoms with van der Waals surface area (Å²) in [7, 11) is 0. The molecule has 0 saturated heterocycles. The van der Waals surface area contributed by atoms with Gasteiger partial charge in [0.2, 0.25) is 0 Å². The number of aromatic nitrogens is 2. The number of hydrogen-bond acceptors (Lipinski definition) is 3. The Labute approximate surface area is 176 Å². The Morgan fingerprint density at radius 3 is 2.86 bits per heavy atom. The molecular formula is C22H19BrFN3O2. The highest BCUT2D eigenvalue weighted by molar-refractivity contribution is 9.10. The first kappa shape index (κ1) is 18.4. The van der Waals surface area contributed by atoms with Gasteiger partial charge in [0.25, 0.3) is 5.91 Å². The summed E-state index contributed by atoms with van der Waals surface area (Å²) in [5.41, 5.74) is 4.23. The van der Waals surface area contributed by atoms with E-state index in [1.165, 1.54) is 12.1 Å². The van der Waals surface area contributed by atoms with Gasteiger partial charge in [-0.15, -0.1) is 0 Å². The van der Waals surface area contributed by atoms with Crippen molar-refractivity contribution >= 4 is 21.8 Å². The number of hydrogen-bond donors (Lipinski definition) is 1. The van der Waals surface area contributed by atoms with E-state index in [0.29, 0.717) is 18.7 Å². The molecule has 2 aliphatic rings. The van der Waals surface area contributed by atoms with E-state index in [0.717, 1.165) is 52.0 Å². The average molecular weight is 456 g/mol. The molecule has 0 saturated carbocycles. The Morgan fingerprint density at radius 2 is 2.03 bits per heavy atom. The van der Waals surface area contributed by atoms with E-state index in [2.05, 4.69) is 26.3 Å². The molecule has 2 aromatic carbocycles. The van der Waals surface area contributed by atoms with Crippen molar-refractivity contribution < 1.29 is 13.9 Å². The fraction of sp³-hybridized carbons (Fsp3) is 0.273. The van der Waals surface area contributed by atoms with Crippen molar-refractivity contribution in [1.82, 2.24) is 15.1 Å². The number of halogens is 2. The zero-order valence-corrected chi connectivity index (χ0v) is 17.2. The third-order valence-corrected chi connectivity index (χ3v) is 6.03. The van der Waals surface area contributed by atoms with Gasteiger partial charge in [-0.3, -0.25) is 4.79 Å². The fourth-order valence-corrected chi connectivity index (χ4v) is 4.54. The zero-order chi connectivity index (χ0) is 20.0. The quantitative estimate of drug-likeness (QED) is 0.631. The van der Waals surface area contributed by atoms with Crippen LogP contribution in [0.5, 0.6) is 5.75 Å². The second kappa shape index (κ2) is 7.30. The topological polar surface area (TPSA) is 56.1 Å². The van der Waals surface area contributed by atoms with E-state index in [-0.39, 0.29) is 17.8 Å². The maximum Gasteiger partial charge on any atom is 0.272 e. The monoisotopic (exact) mass is 455 g/mol. The molecule has 1 aliphatic heterocycles. The molecule has 3 aromatic rings. The maximum absolute atomic E-state index is 13.3. The van der Waals surface area contributed by atoms with Crippen molar-refractivity contribution in [3.05, 3.63) is 75.3 Å². The molecule has 5 rings (SSSR count). The van der Waals surface area contributed by atoms with Gasteiger partial charge in [0.05, 0.1) is 18.3 Å². The second-order valence-electron chi connectivity index (χ2n) is 7.36. The Kier molecular flexibility index (Phi) is 4.62. The van der Waals surface area contributed by atoms with E-state index in [9.17, 15) is 9.18 Å². The molecule has 148 valence electrons. The SMILES string of the molecule is O=C(NC1CCOc2ccc(Br)cc21)c1nn(-c2ccc(F)cc2)c2c1CCC2. The first-order valence-electron chi connectivity index (χ1n) is 9.70. The summed E-state index contributed by atoms with van der Waals surface area (Å²) < 4.78 is 21.8. The lowest BCUT2D eigenvalue weighted by molar-refractivity contribution is 0.0918. The van der Waals surface area contributed by atoms with Crippen molar-refractivity contribution in [2.24, 2.45) is 0 Å². The Hall–Kier alpha value is -2.67. The molecule has 1 amide bonds. The van der Waals surface area contributed by atoms with Crippen LogP contribution in [0.3, 0.4) is 0 Å². The predicted octanol–water partition coefficient (Wildman–Crippen LogP) is 4.52. The Morgan fingerprint density at radius 1 is 1.21 bits per heavy atom. The van der Waals surface area contributed by atoms with Crippen molar-refractivity contribution in [1.29, 1.82) is 0 Å². The van der Waals surface area contributed by atoms with Crippen LogP contribution in [0.4, 0.5) is 4.39 Å². The van der Waals surface area contributed by atoms with Crippen LogP contribution in [0.2, 0.25) is 0 Å². The predicted molar refractivity (Wildman–Crippen MR) is 110 cm³/mol. The van der Waals surface area contributed by atoms with Crippen LogP contribution in [-0.2, 0) is 12.8 Å². The number of ether oxygens (including phenoxy) is 1. The molecule has 1 aliphatic carbocycles. The smallest absolute Gasteiger partial charge is 0.272 e. The fourth-order valence-electron chi connectivity index (χ4n) is 4.16. The van der Waals surface area contributed by atoms with Crippen LogP contribution in [0.25, 0.3) is 5.69 Å². The Bertz CT molecular complexity index is 1090. The van der Waals surface area contributed by atoms with E-state index in [1.807, 2.05) is 18.2 Å². The van der Waals surface area contributed by atoms with Gasteiger partial charge in [-0.1, -0.05) is 15.9 Å². The van der Waals surface area contributed by atoms with Crippen LogP contribution in [0, 0.1) is 5.82 Å². The summed E-state index contributed by atoms with van der Waals surface area (Å²) in [6, 6.07) is 11.9. The number of benzene rings is 2. The van der Waals surface area contributed by atoms with E-state index < -0.39 is 0 Å². The molecule has 1 N–H and O–H groups in total. The highest BCUT2D eigenvalue weighted by Gasteiger charge is 2.30. The molecule has 2 heterocycles. The lowest BCUT2D eigenvalue weighted by atomic mass is 10.0. The van der Waals surface area contributed by atoms with Gasteiger partial charge in [-0.25, -0.2) is 9.07 Å². The first-order valence-corrected chi connectivity index (χ1v) is 10.5. The molecule has 0 radical (unpaired) electrons. The minimum Gasteiger partial charge on any atom is -0.493 e. The molecule has 1 unspecified atom stereocenters. The summed E-state index contributed by atoms with van der Waals surface area (Å²) in [4.78, 5) is 13.2.